The molecule has 2 nitrogen and oxygen atoms in total. The average molecular weight is 280 g/mol. The Morgan fingerprint density at radius 1 is 1.28 bits per heavy atom. The number of nitrogens with one attached hydrogen (secondary N) is 1. The Balaban J connectivity index is 2.24. The minimum absolute atomic E-state index is 0.0819. The van der Waals surface area contributed by atoms with Crippen LogP contribution in [0.3, 0.4) is 0 Å². The van der Waals surface area contributed by atoms with E-state index >= 15 is 0 Å². The van der Waals surface area contributed by atoms with Crippen molar-refractivity contribution in [3.63, 3.8) is 0 Å². The molecule has 0 bridgehead atoms. The second-order valence-electron chi connectivity index (χ2n) is 4.22. The number of amides is 1. The third-order valence-corrected chi connectivity index (χ3v) is 4.47. The predicted molar refractivity (Wildman–Crippen MR) is 77.9 cm³/mol. The Morgan fingerprint density at radius 2 is 2.00 bits per heavy atom. The van der Waals surface area contributed by atoms with Crippen LogP contribution < -0.4 is 5.32 Å². The summed E-state index contributed by atoms with van der Waals surface area (Å²) < 4.78 is 0. The monoisotopic (exact) mass is 279 g/mol. The van der Waals surface area contributed by atoms with Crippen LogP contribution in [-0.4, -0.2) is 5.91 Å². The molecular formula is C14H14ClNOS. The van der Waals surface area contributed by atoms with Gasteiger partial charge in [-0.1, -0.05) is 17.7 Å². The van der Waals surface area contributed by atoms with Gasteiger partial charge in [0.05, 0.1) is 4.88 Å². The van der Waals surface area contributed by atoms with Gasteiger partial charge in [0.15, 0.2) is 0 Å². The van der Waals surface area contributed by atoms with Crippen LogP contribution in [0.4, 0.5) is 5.69 Å². The predicted octanol–water partition coefficient (Wildman–Crippen LogP) is 4.58. The molecule has 0 radical (unpaired) electrons. The van der Waals surface area contributed by atoms with Gasteiger partial charge < -0.3 is 5.32 Å². The Kier molecular flexibility index (Phi) is 3.73. The quantitative estimate of drug-likeness (QED) is 0.857. The molecule has 2 rings (SSSR count). The molecule has 0 unspecified atom stereocenters. The summed E-state index contributed by atoms with van der Waals surface area (Å²) in [5.41, 5.74) is 2.79. The average Bonchev–Trinajstić information content (AvgIpc) is 2.66. The fourth-order valence-electron chi connectivity index (χ4n) is 1.61. The molecule has 1 amide bonds. The van der Waals surface area contributed by atoms with Crippen molar-refractivity contribution in [2.45, 2.75) is 20.8 Å². The first-order valence-corrected chi connectivity index (χ1v) is 6.82. The van der Waals surface area contributed by atoms with E-state index in [4.69, 9.17) is 11.6 Å². The minimum Gasteiger partial charge on any atom is -0.321 e. The first-order valence-electron chi connectivity index (χ1n) is 5.62. The van der Waals surface area contributed by atoms with E-state index in [9.17, 15) is 4.79 Å². The summed E-state index contributed by atoms with van der Waals surface area (Å²) in [6.07, 6.45) is 0. The summed E-state index contributed by atoms with van der Waals surface area (Å²) in [4.78, 5) is 14.0. The maximum Gasteiger partial charge on any atom is 0.265 e. The molecule has 0 aliphatic carbocycles. The van der Waals surface area contributed by atoms with Gasteiger partial charge in [-0.25, -0.2) is 0 Å². The molecule has 1 N–H and O–H groups in total. The van der Waals surface area contributed by atoms with Crippen molar-refractivity contribution in [2.75, 3.05) is 5.32 Å². The maximum atomic E-state index is 12.1. The van der Waals surface area contributed by atoms with Crippen molar-refractivity contribution < 1.29 is 4.79 Å². The number of thiophene rings is 1. The second-order valence-corrected chi connectivity index (χ2v) is 5.88. The fraction of sp³-hybridized carbons (Fsp3) is 0.214. The normalized spacial score (nSPS) is 10.4. The number of aryl methyl sites for hydroxylation is 2. The molecular weight excluding hydrogens is 266 g/mol. The number of carbonyl (C=O) groups is 1. The largest absolute Gasteiger partial charge is 0.321 e. The van der Waals surface area contributed by atoms with E-state index in [1.165, 1.54) is 16.2 Å². The smallest absolute Gasteiger partial charge is 0.265 e. The Hall–Kier alpha value is -1.32. The lowest BCUT2D eigenvalue weighted by molar-refractivity contribution is 0.103. The van der Waals surface area contributed by atoms with Crippen molar-refractivity contribution in [3.8, 4) is 0 Å². The molecule has 0 atom stereocenters. The number of benzene rings is 1. The highest BCUT2D eigenvalue weighted by molar-refractivity contribution is 7.14. The summed E-state index contributed by atoms with van der Waals surface area (Å²) in [5.74, 6) is -0.0819. The highest BCUT2D eigenvalue weighted by atomic mass is 35.5. The van der Waals surface area contributed by atoms with Gasteiger partial charge in [0, 0.05) is 15.6 Å². The van der Waals surface area contributed by atoms with Crippen molar-refractivity contribution in [1.29, 1.82) is 0 Å². The van der Waals surface area contributed by atoms with Gasteiger partial charge in [-0.2, -0.15) is 0 Å². The Labute approximate surface area is 116 Å². The van der Waals surface area contributed by atoms with Crippen LogP contribution in [0.2, 0.25) is 5.02 Å². The van der Waals surface area contributed by atoms with Crippen molar-refractivity contribution in [2.24, 2.45) is 0 Å². The number of hydrogen-bond donors (Lipinski definition) is 1. The van der Waals surface area contributed by atoms with Gasteiger partial charge in [0.1, 0.15) is 0 Å². The van der Waals surface area contributed by atoms with Gasteiger partial charge in [-0.3, -0.25) is 4.79 Å². The highest BCUT2D eigenvalue weighted by Crippen LogP contribution is 2.25. The fourth-order valence-corrected chi connectivity index (χ4v) is 2.72. The zero-order chi connectivity index (χ0) is 13.3. The summed E-state index contributed by atoms with van der Waals surface area (Å²) >= 11 is 7.53. The van der Waals surface area contributed by atoms with Crippen LogP contribution in [0.15, 0.2) is 24.3 Å². The first kappa shape index (κ1) is 13.1. The van der Waals surface area contributed by atoms with Crippen LogP contribution in [-0.2, 0) is 0 Å². The third-order valence-electron chi connectivity index (χ3n) is 2.91. The number of anilines is 1. The van der Waals surface area contributed by atoms with E-state index in [0.29, 0.717) is 5.02 Å². The zero-order valence-electron chi connectivity index (χ0n) is 10.5. The van der Waals surface area contributed by atoms with Gasteiger partial charge in [-0.15, -0.1) is 11.3 Å². The number of rotatable bonds is 2. The van der Waals surface area contributed by atoms with E-state index < -0.39 is 0 Å². The van der Waals surface area contributed by atoms with Crippen LogP contribution in [0.25, 0.3) is 0 Å². The zero-order valence-corrected chi connectivity index (χ0v) is 12.1. The molecule has 18 heavy (non-hydrogen) atoms. The van der Waals surface area contributed by atoms with Gasteiger partial charge in [0.2, 0.25) is 0 Å². The summed E-state index contributed by atoms with van der Waals surface area (Å²) in [5, 5.41) is 3.55. The Bertz CT molecular complexity index is 584. The number of hydrogen-bond acceptors (Lipinski definition) is 2. The molecule has 0 aliphatic heterocycles. The molecule has 94 valence electrons. The van der Waals surface area contributed by atoms with E-state index in [2.05, 4.69) is 5.32 Å². The summed E-state index contributed by atoms with van der Waals surface area (Å²) in [6, 6.07) is 7.41. The van der Waals surface area contributed by atoms with Crippen molar-refractivity contribution in [1.82, 2.24) is 0 Å². The number of halogens is 1. The van der Waals surface area contributed by atoms with Crippen molar-refractivity contribution >= 4 is 34.5 Å². The molecule has 4 heteroatoms. The topological polar surface area (TPSA) is 29.1 Å². The molecule has 1 aromatic heterocycles. The molecule has 1 aromatic carbocycles. The van der Waals surface area contributed by atoms with Crippen LogP contribution in [0, 0.1) is 20.8 Å². The SMILES string of the molecule is Cc1cc(C(=O)Nc2cccc(Cl)c2C)sc1C. The lowest BCUT2D eigenvalue weighted by atomic mass is 10.2. The molecule has 0 fully saturated rings. The van der Waals surface area contributed by atoms with Gasteiger partial charge >= 0.3 is 0 Å². The number of carbonyl (C=O) groups excluding carboxylic acids is 1. The first-order chi connectivity index (χ1) is 8.49. The molecule has 2 aromatic rings. The van der Waals surface area contributed by atoms with E-state index in [0.717, 1.165) is 21.7 Å². The minimum atomic E-state index is -0.0819. The van der Waals surface area contributed by atoms with Crippen LogP contribution in [0.5, 0.6) is 0 Å². The molecule has 0 saturated heterocycles. The lowest BCUT2D eigenvalue weighted by Gasteiger charge is -2.08. The summed E-state index contributed by atoms with van der Waals surface area (Å²) in [7, 11) is 0. The lowest BCUT2D eigenvalue weighted by Crippen LogP contribution is -2.11. The Morgan fingerprint density at radius 3 is 2.61 bits per heavy atom. The third kappa shape index (κ3) is 2.57. The van der Waals surface area contributed by atoms with E-state index in [1.807, 2.05) is 45.0 Å². The van der Waals surface area contributed by atoms with Crippen molar-refractivity contribution in [3.05, 3.63) is 50.2 Å². The van der Waals surface area contributed by atoms with Gasteiger partial charge in [-0.05, 0) is 50.1 Å². The van der Waals surface area contributed by atoms with Crippen LogP contribution >= 0.6 is 22.9 Å². The van der Waals surface area contributed by atoms with Gasteiger partial charge in [0.25, 0.3) is 5.91 Å². The standard InChI is InChI=1S/C14H14ClNOS/c1-8-7-13(18-10(8)3)14(17)16-12-6-4-5-11(15)9(12)2/h4-7H,1-3H3,(H,16,17). The summed E-state index contributed by atoms with van der Waals surface area (Å²) in [6.45, 7) is 5.91. The van der Waals surface area contributed by atoms with E-state index in [-0.39, 0.29) is 5.91 Å². The molecule has 0 spiro atoms. The maximum absolute atomic E-state index is 12.1. The highest BCUT2D eigenvalue weighted by Gasteiger charge is 2.12. The molecule has 1 heterocycles. The van der Waals surface area contributed by atoms with Crippen LogP contribution in [0.1, 0.15) is 25.7 Å². The second kappa shape index (κ2) is 5.12. The molecule has 0 saturated carbocycles. The van der Waals surface area contributed by atoms with E-state index in [1.54, 1.807) is 0 Å². The molecule has 0 aliphatic rings.